The van der Waals surface area contributed by atoms with Gasteiger partial charge in [0.1, 0.15) is 12.3 Å². The van der Waals surface area contributed by atoms with E-state index >= 15 is 0 Å². The van der Waals surface area contributed by atoms with Crippen LogP contribution in [0, 0.1) is 0 Å². The second-order valence-corrected chi connectivity index (χ2v) is 10.8. The second-order valence-electron chi connectivity index (χ2n) is 10.8. The third kappa shape index (κ3) is 3.23. The lowest BCUT2D eigenvalue weighted by Gasteiger charge is -2.11. The van der Waals surface area contributed by atoms with Gasteiger partial charge in [-0.15, -0.1) is 0 Å². The molecule has 0 aromatic heterocycles. The molecule has 0 fully saturated rings. The van der Waals surface area contributed by atoms with Crippen molar-refractivity contribution < 1.29 is 0 Å². The van der Waals surface area contributed by atoms with Crippen LogP contribution in [0.4, 0.5) is 0 Å². The topological polar surface area (TPSA) is 73.8 Å². The number of benzene rings is 4. The van der Waals surface area contributed by atoms with E-state index in [-0.39, 0.29) is 18.4 Å². The van der Waals surface area contributed by atoms with Crippen LogP contribution in [0.5, 0.6) is 0 Å². The summed E-state index contributed by atoms with van der Waals surface area (Å²) in [5.41, 5.74) is 12.2. The van der Waals surface area contributed by atoms with Gasteiger partial charge in [-0.1, -0.05) is 97.1 Å². The van der Waals surface area contributed by atoms with Gasteiger partial charge in [0.25, 0.3) is 0 Å². The van der Waals surface area contributed by atoms with Crippen molar-refractivity contribution in [3.8, 4) is 0 Å². The van der Waals surface area contributed by atoms with E-state index in [2.05, 4.69) is 90.2 Å². The third-order valence-corrected chi connectivity index (χ3v) is 8.51. The van der Waals surface area contributed by atoms with Crippen LogP contribution in [0.25, 0.3) is 0 Å². The number of nitrogens with one attached hydrogen (secondary N) is 1. The number of amidine groups is 2. The lowest BCUT2D eigenvalue weighted by Crippen LogP contribution is -2.17. The van der Waals surface area contributed by atoms with E-state index < -0.39 is 0 Å². The van der Waals surface area contributed by atoms with Gasteiger partial charge >= 0.3 is 0 Å². The Morgan fingerprint density at radius 1 is 0.475 bits per heavy atom. The summed E-state index contributed by atoms with van der Waals surface area (Å²) in [4.78, 5) is 26.1. The molecule has 0 saturated heterocycles. The van der Waals surface area contributed by atoms with Crippen LogP contribution in [0.1, 0.15) is 75.7 Å². The second kappa shape index (κ2) is 8.34. The smallest absolute Gasteiger partial charge is 0.162 e. The van der Waals surface area contributed by atoms with Gasteiger partial charge in [0.15, 0.2) is 11.7 Å². The quantitative estimate of drug-likeness (QED) is 0.300. The Bertz CT molecular complexity index is 1900. The van der Waals surface area contributed by atoms with Crippen LogP contribution in [-0.2, 0) is 0 Å². The number of fused-ring (bicyclic) bond motifs is 19. The molecule has 5 aliphatic rings. The molecule has 3 unspecified atom stereocenters. The Hall–Kier alpha value is -4.81. The highest BCUT2D eigenvalue weighted by Crippen LogP contribution is 2.41. The van der Waals surface area contributed by atoms with E-state index in [4.69, 9.17) is 25.0 Å². The maximum atomic E-state index is 5.39. The SMILES string of the molecule is c1ccc2c(c1)C1=NC3=N/C(=N\C4NC(/N=C5\CC(N=C2C1)c1ccccc15)c1ccccc14)c1ccccc13. The molecule has 4 aromatic rings. The van der Waals surface area contributed by atoms with E-state index in [0.717, 1.165) is 56.9 Å². The maximum absolute atomic E-state index is 5.39. The molecule has 9 rings (SSSR count). The lowest BCUT2D eigenvalue weighted by molar-refractivity contribution is 0.523. The van der Waals surface area contributed by atoms with Crippen LogP contribution in [0.2, 0.25) is 0 Å². The predicted molar refractivity (Wildman–Crippen MR) is 159 cm³/mol. The van der Waals surface area contributed by atoms with E-state index in [0.29, 0.717) is 18.1 Å². The van der Waals surface area contributed by atoms with Gasteiger partial charge in [-0.2, -0.15) is 0 Å². The van der Waals surface area contributed by atoms with Crippen molar-refractivity contribution in [2.45, 2.75) is 31.2 Å². The first-order valence-electron chi connectivity index (χ1n) is 13.8. The van der Waals surface area contributed by atoms with Gasteiger partial charge in [0.05, 0.1) is 11.8 Å². The predicted octanol–water partition coefficient (Wildman–Crippen LogP) is 6.12. The molecule has 190 valence electrons. The minimum atomic E-state index is -0.249. The fourth-order valence-corrected chi connectivity index (χ4v) is 6.66. The summed E-state index contributed by atoms with van der Waals surface area (Å²) in [5, 5.41) is 3.69. The summed E-state index contributed by atoms with van der Waals surface area (Å²) in [7, 11) is 0. The Kier molecular flexibility index (Phi) is 4.60. The number of aliphatic imine (C=N–C) groups is 5. The van der Waals surface area contributed by atoms with Crippen molar-refractivity contribution in [2.24, 2.45) is 25.0 Å². The van der Waals surface area contributed by atoms with Crippen molar-refractivity contribution in [3.63, 3.8) is 0 Å². The standard InChI is InChI=1S/C34H24N6/c1-3-11-21-19(9-1)27-17-29(21)36-31-23-13-5-7-15-25(23)33(38-31)40-34-26-16-8-6-14-24(26)32(39-34)37-30-18-28(35-27)20-10-2-4-12-22(20)30/h1-16,27,31,33,38H,17-18H2/b35-28?,36-29+,37-30?,40-34-. The van der Waals surface area contributed by atoms with Gasteiger partial charge < -0.3 is 0 Å². The molecule has 3 atom stereocenters. The minimum absolute atomic E-state index is 0.0203. The normalized spacial score (nSPS) is 25.8. The van der Waals surface area contributed by atoms with Crippen LogP contribution in [-0.4, -0.2) is 28.8 Å². The molecule has 0 amide bonds. The van der Waals surface area contributed by atoms with Gasteiger partial charge in [-0.25, -0.2) is 15.0 Å². The van der Waals surface area contributed by atoms with Crippen LogP contribution < -0.4 is 5.32 Å². The number of rotatable bonds is 0. The number of nitrogens with zero attached hydrogens (tertiary/aromatic N) is 5. The first-order chi connectivity index (χ1) is 19.8. The number of hydrogen-bond acceptors (Lipinski definition) is 6. The van der Waals surface area contributed by atoms with Crippen molar-refractivity contribution in [3.05, 3.63) is 142 Å². The first-order valence-corrected chi connectivity index (χ1v) is 13.8. The zero-order valence-corrected chi connectivity index (χ0v) is 21.6. The van der Waals surface area contributed by atoms with E-state index in [9.17, 15) is 0 Å². The van der Waals surface area contributed by atoms with Crippen LogP contribution in [0.3, 0.4) is 0 Å². The fraction of sp³-hybridized carbons (Fsp3) is 0.147. The summed E-state index contributed by atoms with van der Waals surface area (Å²) >= 11 is 0. The van der Waals surface area contributed by atoms with Gasteiger partial charge in [0, 0.05) is 52.1 Å². The molecular formula is C34H24N6. The van der Waals surface area contributed by atoms with Crippen LogP contribution >= 0.6 is 0 Å². The highest BCUT2D eigenvalue weighted by molar-refractivity contribution is 6.32. The van der Waals surface area contributed by atoms with Crippen molar-refractivity contribution in [1.82, 2.24) is 5.32 Å². The minimum Gasteiger partial charge on any atom is -0.280 e. The van der Waals surface area contributed by atoms with Crippen molar-refractivity contribution in [2.75, 3.05) is 0 Å². The van der Waals surface area contributed by atoms with Gasteiger partial charge in [-0.3, -0.25) is 15.3 Å². The summed E-state index contributed by atoms with van der Waals surface area (Å²) in [6.45, 7) is 0. The molecule has 1 N–H and O–H groups in total. The molecule has 8 bridgehead atoms. The highest BCUT2D eigenvalue weighted by Gasteiger charge is 2.35. The van der Waals surface area contributed by atoms with E-state index in [1.807, 2.05) is 12.1 Å². The average Bonchev–Trinajstić information content (AvgIpc) is 3.73. The Morgan fingerprint density at radius 2 is 1.05 bits per heavy atom. The summed E-state index contributed by atoms with van der Waals surface area (Å²) in [6.07, 6.45) is 1.01. The van der Waals surface area contributed by atoms with Crippen LogP contribution in [0.15, 0.2) is 122 Å². The fourth-order valence-electron chi connectivity index (χ4n) is 6.66. The Balaban J connectivity index is 1.30. The summed E-state index contributed by atoms with van der Waals surface area (Å²) < 4.78 is 0. The van der Waals surface area contributed by atoms with Gasteiger partial charge in [0.2, 0.25) is 0 Å². The lowest BCUT2D eigenvalue weighted by atomic mass is 10.1. The molecule has 6 heteroatoms. The summed E-state index contributed by atoms with van der Waals surface area (Å²) in [5.74, 6) is 1.41. The van der Waals surface area contributed by atoms with E-state index in [1.165, 1.54) is 11.1 Å². The zero-order valence-electron chi connectivity index (χ0n) is 21.6. The monoisotopic (exact) mass is 516 g/mol. The first kappa shape index (κ1) is 22.1. The van der Waals surface area contributed by atoms with Crippen molar-refractivity contribution >= 4 is 28.8 Å². The molecule has 4 aromatic carbocycles. The Labute approximate surface area is 231 Å². The molecule has 6 nitrogen and oxygen atoms in total. The molecular weight excluding hydrogens is 492 g/mol. The molecule has 0 spiro atoms. The Morgan fingerprint density at radius 3 is 1.80 bits per heavy atom. The highest BCUT2D eigenvalue weighted by atomic mass is 15.2. The molecule has 0 saturated carbocycles. The third-order valence-electron chi connectivity index (χ3n) is 8.51. The maximum Gasteiger partial charge on any atom is 0.162 e. The summed E-state index contributed by atoms with van der Waals surface area (Å²) in [6, 6.07) is 33.8. The molecule has 0 radical (unpaired) electrons. The number of hydrogen-bond donors (Lipinski definition) is 1. The largest absolute Gasteiger partial charge is 0.280 e. The van der Waals surface area contributed by atoms with Crippen molar-refractivity contribution in [1.29, 1.82) is 0 Å². The molecule has 3 aliphatic heterocycles. The molecule has 40 heavy (non-hydrogen) atoms. The average molecular weight is 517 g/mol. The zero-order chi connectivity index (χ0) is 26.2. The van der Waals surface area contributed by atoms with E-state index in [1.54, 1.807) is 0 Å². The van der Waals surface area contributed by atoms with Gasteiger partial charge in [-0.05, 0) is 16.7 Å². The molecule has 3 heterocycles. The molecule has 2 aliphatic carbocycles.